The first-order valence-electron chi connectivity index (χ1n) is 7.50. The largest absolute Gasteiger partial charge is 0.496 e. The number of rotatable bonds is 8. The zero-order chi connectivity index (χ0) is 17.6. The van der Waals surface area contributed by atoms with E-state index in [-0.39, 0.29) is 18.1 Å². The van der Waals surface area contributed by atoms with Crippen LogP contribution in [0.25, 0.3) is 0 Å². The lowest BCUT2D eigenvalue weighted by Gasteiger charge is -2.20. The van der Waals surface area contributed by atoms with Gasteiger partial charge < -0.3 is 15.2 Å². The maximum Gasteiger partial charge on any atom is 0.326 e. The van der Waals surface area contributed by atoms with Crippen LogP contribution in [0.15, 0.2) is 18.2 Å². The highest BCUT2D eigenvalue weighted by Gasteiger charge is 2.25. The second kappa shape index (κ2) is 8.31. The lowest BCUT2D eigenvalue weighted by atomic mass is 9.98. The first-order chi connectivity index (χ1) is 10.8. The summed E-state index contributed by atoms with van der Waals surface area (Å²) in [4.78, 5) is 34.9. The lowest BCUT2D eigenvalue weighted by Crippen LogP contribution is -2.45. The van der Waals surface area contributed by atoms with E-state index in [0.717, 1.165) is 0 Å². The summed E-state index contributed by atoms with van der Waals surface area (Å²) in [6.45, 7) is 5.08. The van der Waals surface area contributed by atoms with Crippen LogP contribution in [-0.4, -0.2) is 35.9 Å². The Hall–Kier alpha value is -2.37. The fraction of sp³-hybridized carbons (Fsp3) is 0.471. The highest BCUT2D eigenvalue weighted by Crippen LogP contribution is 2.21. The molecule has 0 aliphatic rings. The van der Waals surface area contributed by atoms with E-state index in [1.807, 2.05) is 6.92 Å². The van der Waals surface area contributed by atoms with Crippen molar-refractivity contribution in [3.63, 3.8) is 0 Å². The molecule has 0 unspecified atom stereocenters. The monoisotopic (exact) mass is 321 g/mol. The van der Waals surface area contributed by atoms with Crippen LogP contribution < -0.4 is 10.1 Å². The number of amides is 1. The minimum atomic E-state index is -1.06. The van der Waals surface area contributed by atoms with Gasteiger partial charge >= 0.3 is 5.97 Å². The maximum atomic E-state index is 12.2. The van der Waals surface area contributed by atoms with Crippen molar-refractivity contribution >= 4 is 17.7 Å². The molecule has 1 aromatic carbocycles. The van der Waals surface area contributed by atoms with E-state index >= 15 is 0 Å². The minimum absolute atomic E-state index is 0.0511. The Morgan fingerprint density at radius 1 is 1.30 bits per heavy atom. The summed E-state index contributed by atoms with van der Waals surface area (Å²) in [5, 5.41) is 11.8. The zero-order valence-electron chi connectivity index (χ0n) is 13.9. The average Bonchev–Trinajstić information content (AvgIpc) is 2.51. The predicted molar refractivity (Wildman–Crippen MR) is 85.7 cm³/mol. The third kappa shape index (κ3) is 5.09. The first kappa shape index (κ1) is 18.7. The highest BCUT2D eigenvalue weighted by molar-refractivity contribution is 5.95. The maximum absolute atomic E-state index is 12.2. The Balaban J connectivity index is 2.93. The van der Waals surface area contributed by atoms with Gasteiger partial charge in [-0.25, -0.2) is 4.79 Å². The molecule has 6 nitrogen and oxygen atoms in total. The second-order valence-electron chi connectivity index (χ2n) is 5.53. The number of carbonyl (C=O) groups excluding carboxylic acids is 2. The van der Waals surface area contributed by atoms with E-state index < -0.39 is 17.9 Å². The Kier molecular flexibility index (Phi) is 6.75. The number of Topliss-reactive ketones (excluding diaryl/α,β-unsaturated/α-hetero) is 1. The third-order valence-corrected chi connectivity index (χ3v) is 3.83. The van der Waals surface area contributed by atoms with Crippen LogP contribution >= 0.6 is 0 Å². The molecule has 0 fully saturated rings. The van der Waals surface area contributed by atoms with Crippen LogP contribution in [0.4, 0.5) is 0 Å². The van der Waals surface area contributed by atoms with Gasteiger partial charge in [0, 0.05) is 11.1 Å². The molecule has 2 N–H and O–H groups in total. The molecular formula is C17H23NO5. The van der Waals surface area contributed by atoms with Gasteiger partial charge in [-0.05, 0) is 31.0 Å². The van der Waals surface area contributed by atoms with E-state index in [4.69, 9.17) is 4.74 Å². The van der Waals surface area contributed by atoms with Crippen LogP contribution in [0, 0.1) is 5.92 Å². The van der Waals surface area contributed by atoms with Gasteiger partial charge in [0.1, 0.15) is 11.8 Å². The number of ketones is 1. The molecule has 126 valence electrons. The highest BCUT2D eigenvalue weighted by atomic mass is 16.5. The van der Waals surface area contributed by atoms with E-state index in [1.54, 1.807) is 25.1 Å². The molecule has 0 bridgehead atoms. The molecule has 23 heavy (non-hydrogen) atoms. The molecule has 0 saturated carbocycles. The van der Waals surface area contributed by atoms with E-state index in [2.05, 4.69) is 5.32 Å². The quantitative estimate of drug-likeness (QED) is 0.715. The SMILES string of the molecule is CC[C@H](C)[C@H](NC(=O)Cc1cc(C(C)=O)ccc1OC)C(=O)O. The Bertz CT molecular complexity index is 597. The molecular weight excluding hydrogens is 298 g/mol. The Morgan fingerprint density at radius 2 is 1.96 bits per heavy atom. The van der Waals surface area contributed by atoms with Gasteiger partial charge in [-0.1, -0.05) is 20.3 Å². The Morgan fingerprint density at radius 3 is 2.43 bits per heavy atom. The van der Waals surface area contributed by atoms with Crippen molar-refractivity contribution in [2.75, 3.05) is 7.11 Å². The summed E-state index contributed by atoms with van der Waals surface area (Å²) in [5.41, 5.74) is 1.02. The smallest absolute Gasteiger partial charge is 0.326 e. The van der Waals surface area contributed by atoms with Gasteiger partial charge in [0.05, 0.1) is 13.5 Å². The standard InChI is InChI=1S/C17H23NO5/c1-5-10(2)16(17(21)22)18-15(20)9-13-8-12(11(3)19)6-7-14(13)23-4/h6-8,10,16H,5,9H2,1-4H3,(H,18,20)(H,21,22)/t10-,16-/m0/s1. The number of carboxylic acid groups (broad SMARTS) is 1. The molecule has 0 radical (unpaired) electrons. The molecule has 1 aromatic rings. The summed E-state index contributed by atoms with van der Waals surface area (Å²) < 4.78 is 5.19. The number of hydrogen-bond donors (Lipinski definition) is 2. The van der Waals surface area contributed by atoms with Crippen LogP contribution in [0.5, 0.6) is 5.75 Å². The third-order valence-electron chi connectivity index (χ3n) is 3.83. The minimum Gasteiger partial charge on any atom is -0.496 e. The molecule has 2 atom stereocenters. The predicted octanol–water partition coefficient (Wildman–Crippen LogP) is 2.06. The normalized spacial score (nSPS) is 13.0. The van der Waals surface area contributed by atoms with Crippen molar-refractivity contribution in [3.05, 3.63) is 29.3 Å². The summed E-state index contributed by atoms with van der Waals surface area (Å²) in [6, 6.07) is 3.92. The van der Waals surface area contributed by atoms with Crippen molar-refractivity contribution in [1.82, 2.24) is 5.32 Å². The van der Waals surface area contributed by atoms with Gasteiger partial charge in [0.15, 0.2) is 5.78 Å². The van der Waals surface area contributed by atoms with Crippen LogP contribution in [-0.2, 0) is 16.0 Å². The number of aliphatic carboxylic acids is 1. The number of benzene rings is 1. The van der Waals surface area contributed by atoms with Crippen molar-refractivity contribution in [1.29, 1.82) is 0 Å². The fourth-order valence-electron chi connectivity index (χ4n) is 2.22. The van der Waals surface area contributed by atoms with Crippen LogP contribution in [0.1, 0.15) is 43.1 Å². The van der Waals surface area contributed by atoms with E-state index in [0.29, 0.717) is 23.3 Å². The lowest BCUT2D eigenvalue weighted by molar-refractivity contribution is -0.143. The first-order valence-corrected chi connectivity index (χ1v) is 7.50. The van der Waals surface area contributed by atoms with Gasteiger partial charge in [-0.2, -0.15) is 0 Å². The van der Waals surface area contributed by atoms with E-state index in [1.165, 1.54) is 14.0 Å². The molecule has 0 aromatic heterocycles. The molecule has 0 aliphatic carbocycles. The van der Waals surface area contributed by atoms with Crippen LogP contribution in [0.2, 0.25) is 0 Å². The van der Waals surface area contributed by atoms with Gasteiger partial charge in [-0.15, -0.1) is 0 Å². The molecule has 0 spiro atoms. The molecule has 1 amide bonds. The molecule has 6 heteroatoms. The summed E-state index contributed by atoms with van der Waals surface area (Å²) in [5.74, 6) is -1.28. The van der Waals surface area contributed by atoms with Crippen molar-refractivity contribution in [3.8, 4) is 5.75 Å². The number of methoxy groups -OCH3 is 1. The van der Waals surface area contributed by atoms with Crippen molar-refractivity contribution in [2.24, 2.45) is 5.92 Å². The van der Waals surface area contributed by atoms with E-state index in [9.17, 15) is 19.5 Å². The summed E-state index contributed by atoms with van der Waals surface area (Å²) in [7, 11) is 1.48. The number of hydrogen-bond acceptors (Lipinski definition) is 4. The van der Waals surface area contributed by atoms with Crippen molar-refractivity contribution in [2.45, 2.75) is 39.7 Å². The molecule has 0 aliphatic heterocycles. The van der Waals surface area contributed by atoms with Gasteiger partial charge in [0.2, 0.25) is 5.91 Å². The number of carboxylic acids is 1. The van der Waals surface area contributed by atoms with Crippen molar-refractivity contribution < 1.29 is 24.2 Å². The number of nitrogens with one attached hydrogen (secondary N) is 1. The van der Waals surface area contributed by atoms with Gasteiger partial charge in [-0.3, -0.25) is 9.59 Å². The number of ether oxygens (including phenoxy) is 1. The number of carbonyl (C=O) groups is 3. The molecule has 0 heterocycles. The Labute approximate surface area is 135 Å². The molecule has 0 saturated heterocycles. The van der Waals surface area contributed by atoms with Crippen LogP contribution in [0.3, 0.4) is 0 Å². The fourth-order valence-corrected chi connectivity index (χ4v) is 2.22. The topological polar surface area (TPSA) is 92.7 Å². The molecule has 1 rings (SSSR count). The summed E-state index contributed by atoms with van der Waals surface area (Å²) >= 11 is 0. The summed E-state index contributed by atoms with van der Waals surface area (Å²) in [6.07, 6.45) is 0.588. The zero-order valence-corrected chi connectivity index (χ0v) is 13.9. The second-order valence-corrected chi connectivity index (χ2v) is 5.53. The average molecular weight is 321 g/mol. The van der Waals surface area contributed by atoms with Gasteiger partial charge in [0.25, 0.3) is 0 Å².